The summed E-state index contributed by atoms with van der Waals surface area (Å²) >= 11 is 0. The van der Waals surface area contributed by atoms with Crippen LogP contribution >= 0.6 is 0 Å². The number of methoxy groups -OCH3 is 2. The van der Waals surface area contributed by atoms with E-state index in [2.05, 4.69) is 40.8 Å². The molecule has 28 heavy (non-hydrogen) atoms. The van der Waals surface area contributed by atoms with Crippen molar-refractivity contribution in [3.8, 4) is 0 Å². The third-order valence-corrected chi connectivity index (χ3v) is 11.0. The lowest BCUT2D eigenvalue weighted by molar-refractivity contribution is -0.0357. The third-order valence-electron chi connectivity index (χ3n) is 6.46. The predicted molar refractivity (Wildman–Crippen MR) is 115 cm³/mol. The fraction of sp³-hybridized carbons (Fsp3) is 0.952. The standard InChI is InChI=1S/C21H43NO5Si/c1-17-11-12-18(13-15-27-28(7,8)21(2,3)4)22(20(23)25-6)19(17)10-9-14-26-16-24-5/h17-19H,9-16H2,1-8H3/t17-,18+,19+/m1/s1. The number of hydrogen-bond acceptors (Lipinski definition) is 5. The lowest BCUT2D eigenvalue weighted by atomic mass is 9.84. The first kappa shape index (κ1) is 25.4. The number of ether oxygens (including phenoxy) is 3. The van der Waals surface area contributed by atoms with E-state index in [0.29, 0.717) is 25.9 Å². The Hall–Kier alpha value is -0.633. The van der Waals surface area contributed by atoms with Crippen molar-refractivity contribution >= 4 is 14.4 Å². The summed E-state index contributed by atoms with van der Waals surface area (Å²) in [5, 5.41) is 0.195. The van der Waals surface area contributed by atoms with Gasteiger partial charge in [-0.15, -0.1) is 0 Å². The molecule has 0 unspecified atom stereocenters. The third kappa shape index (κ3) is 7.32. The number of carbonyl (C=O) groups excluding carboxylic acids is 1. The van der Waals surface area contributed by atoms with Gasteiger partial charge in [0.2, 0.25) is 0 Å². The smallest absolute Gasteiger partial charge is 0.409 e. The normalized spacial score (nSPS) is 23.7. The second-order valence-corrected chi connectivity index (χ2v) is 14.3. The molecule has 1 amide bonds. The Morgan fingerprint density at radius 3 is 2.36 bits per heavy atom. The molecule has 1 saturated heterocycles. The van der Waals surface area contributed by atoms with E-state index in [-0.39, 0.29) is 23.2 Å². The number of likely N-dealkylation sites (tertiary alicyclic amines) is 1. The van der Waals surface area contributed by atoms with Crippen molar-refractivity contribution in [3.63, 3.8) is 0 Å². The van der Waals surface area contributed by atoms with E-state index in [1.807, 2.05) is 4.90 Å². The monoisotopic (exact) mass is 417 g/mol. The maximum Gasteiger partial charge on any atom is 0.409 e. The minimum atomic E-state index is -1.77. The van der Waals surface area contributed by atoms with Crippen molar-refractivity contribution < 1.29 is 23.4 Å². The van der Waals surface area contributed by atoms with Gasteiger partial charge in [-0.25, -0.2) is 4.79 Å². The van der Waals surface area contributed by atoms with Crippen LogP contribution in [0.5, 0.6) is 0 Å². The predicted octanol–water partition coefficient (Wildman–Crippen LogP) is 5.03. The van der Waals surface area contributed by atoms with Gasteiger partial charge in [-0.1, -0.05) is 27.7 Å². The fourth-order valence-electron chi connectivity index (χ4n) is 3.63. The maximum absolute atomic E-state index is 12.6. The van der Waals surface area contributed by atoms with E-state index in [1.165, 1.54) is 7.11 Å². The molecule has 3 atom stereocenters. The molecule has 166 valence electrons. The van der Waals surface area contributed by atoms with E-state index in [0.717, 1.165) is 32.1 Å². The maximum atomic E-state index is 12.6. The van der Waals surface area contributed by atoms with E-state index in [9.17, 15) is 4.79 Å². The summed E-state index contributed by atoms with van der Waals surface area (Å²) < 4.78 is 21.9. The highest BCUT2D eigenvalue weighted by atomic mass is 28.4. The first-order chi connectivity index (χ1) is 13.0. The molecule has 0 aromatic rings. The first-order valence-electron chi connectivity index (χ1n) is 10.6. The van der Waals surface area contributed by atoms with Gasteiger partial charge in [0.1, 0.15) is 6.79 Å². The Balaban J connectivity index is 2.71. The van der Waals surface area contributed by atoms with Gasteiger partial charge >= 0.3 is 6.09 Å². The summed E-state index contributed by atoms with van der Waals surface area (Å²) in [5.74, 6) is 0.457. The molecule has 1 aliphatic rings. The van der Waals surface area contributed by atoms with Crippen LogP contribution in [0.2, 0.25) is 18.1 Å². The van der Waals surface area contributed by atoms with Gasteiger partial charge in [0.25, 0.3) is 0 Å². The fourth-order valence-corrected chi connectivity index (χ4v) is 4.69. The van der Waals surface area contributed by atoms with Crippen molar-refractivity contribution in [3.05, 3.63) is 0 Å². The molecule has 1 aliphatic heterocycles. The van der Waals surface area contributed by atoms with Crippen LogP contribution in [0.1, 0.15) is 59.8 Å². The van der Waals surface area contributed by atoms with Gasteiger partial charge in [-0.3, -0.25) is 0 Å². The van der Waals surface area contributed by atoms with E-state index >= 15 is 0 Å². The number of piperidine rings is 1. The number of carbonyl (C=O) groups is 1. The zero-order valence-corrected chi connectivity index (χ0v) is 20.4. The van der Waals surface area contributed by atoms with Gasteiger partial charge in [0, 0.05) is 32.4 Å². The quantitative estimate of drug-likeness (QED) is 0.283. The average Bonchev–Trinajstić information content (AvgIpc) is 2.61. The molecule has 6 nitrogen and oxygen atoms in total. The zero-order chi connectivity index (χ0) is 21.4. The minimum absolute atomic E-state index is 0.179. The van der Waals surface area contributed by atoms with Crippen LogP contribution in [0, 0.1) is 5.92 Å². The Kier molecular flexibility index (Phi) is 10.5. The Bertz CT molecular complexity index is 466. The van der Waals surface area contributed by atoms with Crippen LogP contribution in [0.25, 0.3) is 0 Å². The second-order valence-electron chi connectivity index (χ2n) is 9.51. The van der Waals surface area contributed by atoms with Gasteiger partial charge in [-0.05, 0) is 56.2 Å². The average molecular weight is 418 g/mol. The molecule has 0 aliphatic carbocycles. The lowest BCUT2D eigenvalue weighted by Gasteiger charge is -2.45. The number of hydrogen-bond donors (Lipinski definition) is 0. The zero-order valence-electron chi connectivity index (χ0n) is 19.4. The molecule has 0 bridgehead atoms. The molecule has 0 saturated carbocycles. The molecular formula is C21H43NO5Si. The highest BCUT2D eigenvalue weighted by Crippen LogP contribution is 2.37. The van der Waals surface area contributed by atoms with Gasteiger partial charge < -0.3 is 23.5 Å². The van der Waals surface area contributed by atoms with Crippen LogP contribution in [0.4, 0.5) is 4.79 Å². The van der Waals surface area contributed by atoms with Crippen molar-refractivity contribution in [1.82, 2.24) is 4.90 Å². The number of amides is 1. The molecular weight excluding hydrogens is 374 g/mol. The van der Waals surface area contributed by atoms with Crippen molar-refractivity contribution in [2.75, 3.05) is 34.2 Å². The topological polar surface area (TPSA) is 57.2 Å². The van der Waals surface area contributed by atoms with E-state index < -0.39 is 8.32 Å². The molecule has 0 radical (unpaired) electrons. The molecule has 7 heteroatoms. The van der Waals surface area contributed by atoms with E-state index in [4.69, 9.17) is 18.6 Å². The molecule has 0 aromatic carbocycles. The Morgan fingerprint density at radius 2 is 1.79 bits per heavy atom. The van der Waals surface area contributed by atoms with Crippen LogP contribution in [-0.2, 0) is 18.6 Å². The van der Waals surface area contributed by atoms with Crippen LogP contribution in [0.15, 0.2) is 0 Å². The molecule has 0 aromatic heterocycles. The molecule has 0 N–H and O–H groups in total. The molecule has 1 rings (SSSR count). The van der Waals surface area contributed by atoms with E-state index in [1.54, 1.807) is 7.11 Å². The summed E-state index contributed by atoms with van der Waals surface area (Å²) in [4.78, 5) is 14.6. The van der Waals surface area contributed by atoms with Crippen LogP contribution in [0.3, 0.4) is 0 Å². The first-order valence-corrected chi connectivity index (χ1v) is 13.5. The van der Waals surface area contributed by atoms with Gasteiger partial charge in [-0.2, -0.15) is 0 Å². The molecule has 1 heterocycles. The van der Waals surface area contributed by atoms with Crippen molar-refractivity contribution in [2.45, 2.75) is 90.0 Å². The summed E-state index contributed by atoms with van der Waals surface area (Å²) in [5.41, 5.74) is 0. The summed E-state index contributed by atoms with van der Waals surface area (Å²) in [6.45, 7) is 15.2. The van der Waals surface area contributed by atoms with Gasteiger partial charge in [0.15, 0.2) is 8.32 Å². The Morgan fingerprint density at radius 1 is 1.11 bits per heavy atom. The number of rotatable bonds is 10. The Labute approximate surface area is 173 Å². The molecule has 0 spiro atoms. The minimum Gasteiger partial charge on any atom is -0.453 e. The highest BCUT2D eigenvalue weighted by molar-refractivity contribution is 6.74. The largest absolute Gasteiger partial charge is 0.453 e. The highest BCUT2D eigenvalue weighted by Gasteiger charge is 2.40. The summed E-state index contributed by atoms with van der Waals surface area (Å²) in [6, 6.07) is 0.364. The number of nitrogens with zero attached hydrogens (tertiary/aromatic N) is 1. The summed E-state index contributed by atoms with van der Waals surface area (Å²) in [6.07, 6.45) is 4.60. The SMILES string of the molecule is COCOCCC[C@H]1[C@H](C)CC[C@@H](CCO[Si](C)(C)C(C)(C)C)N1C(=O)OC. The van der Waals surface area contributed by atoms with Gasteiger partial charge in [0.05, 0.1) is 7.11 Å². The molecule has 1 fully saturated rings. The lowest BCUT2D eigenvalue weighted by Crippen LogP contribution is -2.54. The van der Waals surface area contributed by atoms with Crippen LogP contribution in [-0.4, -0.2) is 65.6 Å². The second kappa shape index (κ2) is 11.5. The summed E-state index contributed by atoms with van der Waals surface area (Å²) in [7, 11) is 1.33. The van der Waals surface area contributed by atoms with Crippen LogP contribution < -0.4 is 0 Å². The van der Waals surface area contributed by atoms with Crippen molar-refractivity contribution in [1.29, 1.82) is 0 Å². The van der Waals surface area contributed by atoms with Crippen molar-refractivity contribution in [2.24, 2.45) is 5.92 Å².